The van der Waals surface area contributed by atoms with Crippen molar-refractivity contribution in [2.75, 3.05) is 40.0 Å². The number of aromatic nitrogens is 2. The van der Waals surface area contributed by atoms with Crippen molar-refractivity contribution in [1.29, 1.82) is 5.26 Å². The molecule has 1 atom stereocenters. The van der Waals surface area contributed by atoms with E-state index in [-0.39, 0.29) is 57.3 Å². The maximum Gasteiger partial charge on any atom is 0.328 e. The van der Waals surface area contributed by atoms with Crippen molar-refractivity contribution >= 4 is 14.4 Å². The number of benzene rings is 3. The third-order valence-electron chi connectivity index (χ3n) is 8.78. The van der Waals surface area contributed by atoms with Gasteiger partial charge < -0.3 is 18.7 Å². The lowest BCUT2D eigenvalue weighted by atomic mass is 9.77. The van der Waals surface area contributed by atoms with Gasteiger partial charge in [-0.2, -0.15) is 5.26 Å². The standard InChI is InChI=1S/C40H51N6O6P/c1-30(2)46(31(3)4)53(51-26-13-22-41)52-27-25-44(37(47)29-45-28-32(5)38(48)43-39(45)49)24-23-42-40(33-14-9-7-10-15-33,34-16-11-8-12-17-34)35-18-20-36(50-6)21-19-35/h7-12,14-21,28,30-31,42H,13,23-27,29H2,1-6H3,(H,43,48,49). The summed E-state index contributed by atoms with van der Waals surface area (Å²) < 4.78 is 21.3. The molecule has 0 saturated carbocycles. The van der Waals surface area contributed by atoms with Crippen LogP contribution in [0.3, 0.4) is 0 Å². The smallest absolute Gasteiger partial charge is 0.328 e. The topological polar surface area (TPSA) is 142 Å². The summed E-state index contributed by atoms with van der Waals surface area (Å²) in [5.41, 5.74) is 1.38. The van der Waals surface area contributed by atoms with E-state index in [1.165, 1.54) is 10.8 Å². The Morgan fingerprint density at radius 3 is 2.00 bits per heavy atom. The fourth-order valence-electron chi connectivity index (χ4n) is 6.29. The van der Waals surface area contributed by atoms with Crippen LogP contribution >= 0.6 is 8.53 Å². The van der Waals surface area contributed by atoms with Crippen LogP contribution in [0.25, 0.3) is 0 Å². The summed E-state index contributed by atoms with van der Waals surface area (Å²) in [4.78, 5) is 42.7. The Morgan fingerprint density at radius 2 is 1.45 bits per heavy atom. The Kier molecular flexibility index (Phi) is 15.5. The first kappa shape index (κ1) is 41.1. The van der Waals surface area contributed by atoms with E-state index >= 15 is 0 Å². The molecule has 13 heteroatoms. The Labute approximate surface area is 313 Å². The molecule has 0 radical (unpaired) electrons. The first-order valence-corrected chi connectivity index (χ1v) is 18.9. The van der Waals surface area contributed by atoms with Gasteiger partial charge in [0.05, 0.1) is 38.4 Å². The van der Waals surface area contributed by atoms with Gasteiger partial charge in [-0.3, -0.25) is 24.5 Å². The number of H-pyrrole nitrogens is 1. The van der Waals surface area contributed by atoms with Gasteiger partial charge in [0.1, 0.15) is 12.3 Å². The maximum absolute atomic E-state index is 14.0. The number of carbonyl (C=O) groups excluding carboxylic acids is 1. The van der Waals surface area contributed by atoms with Gasteiger partial charge in [-0.25, -0.2) is 9.46 Å². The Morgan fingerprint density at radius 1 is 0.887 bits per heavy atom. The molecular weight excluding hydrogens is 691 g/mol. The highest BCUT2D eigenvalue weighted by atomic mass is 31.2. The zero-order valence-electron chi connectivity index (χ0n) is 31.5. The lowest BCUT2D eigenvalue weighted by Crippen LogP contribution is -2.49. The molecule has 1 unspecified atom stereocenters. The summed E-state index contributed by atoms with van der Waals surface area (Å²) in [5, 5.41) is 13.0. The minimum Gasteiger partial charge on any atom is -0.497 e. The van der Waals surface area contributed by atoms with E-state index < -0.39 is 25.3 Å². The van der Waals surface area contributed by atoms with Gasteiger partial charge in [0.2, 0.25) is 5.91 Å². The van der Waals surface area contributed by atoms with Gasteiger partial charge in [-0.15, -0.1) is 0 Å². The van der Waals surface area contributed by atoms with Gasteiger partial charge >= 0.3 is 5.69 Å². The van der Waals surface area contributed by atoms with E-state index in [1.807, 2.05) is 60.7 Å². The van der Waals surface area contributed by atoms with E-state index in [9.17, 15) is 14.4 Å². The summed E-state index contributed by atoms with van der Waals surface area (Å²) in [6.45, 7) is 10.8. The highest BCUT2D eigenvalue weighted by molar-refractivity contribution is 7.44. The molecule has 0 aliphatic heterocycles. The van der Waals surface area contributed by atoms with E-state index in [0.29, 0.717) is 12.1 Å². The van der Waals surface area contributed by atoms with Crippen molar-refractivity contribution in [2.45, 2.75) is 65.2 Å². The fraction of sp³-hybridized carbons (Fsp3) is 0.400. The molecule has 3 aromatic carbocycles. The van der Waals surface area contributed by atoms with Gasteiger partial charge in [-0.1, -0.05) is 72.8 Å². The van der Waals surface area contributed by atoms with Crippen molar-refractivity contribution in [3.05, 3.63) is 134 Å². The minimum absolute atomic E-state index is 0.113. The number of carbonyl (C=O) groups is 1. The predicted octanol–water partition coefficient (Wildman–Crippen LogP) is 5.56. The molecule has 0 aliphatic carbocycles. The molecule has 0 spiro atoms. The molecule has 1 heterocycles. The van der Waals surface area contributed by atoms with Crippen LogP contribution in [0, 0.1) is 18.3 Å². The molecule has 53 heavy (non-hydrogen) atoms. The summed E-state index contributed by atoms with van der Waals surface area (Å²) in [6, 6.07) is 30.6. The number of aromatic amines is 1. The highest BCUT2D eigenvalue weighted by Gasteiger charge is 2.36. The zero-order valence-corrected chi connectivity index (χ0v) is 32.3. The number of rotatable bonds is 20. The van der Waals surface area contributed by atoms with Gasteiger partial charge in [0, 0.05) is 43.5 Å². The lowest BCUT2D eigenvalue weighted by Gasteiger charge is -2.38. The number of nitriles is 1. The molecule has 2 N–H and O–H groups in total. The molecule has 282 valence electrons. The molecular formula is C40H51N6O6P. The normalized spacial score (nSPS) is 12.2. The number of methoxy groups -OCH3 is 1. The molecule has 0 saturated heterocycles. The Bertz CT molecular complexity index is 1850. The zero-order chi connectivity index (χ0) is 38.4. The van der Waals surface area contributed by atoms with E-state index in [2.05, 4.69) is 73.0 Å². The first-order chi connectivity index (χ1) is 25.5. The van der Waals surface area contributed by atoms with Gasteiger partial charge in [-0.05, 0) is 63.4 Å². The van der Waals surface area contributed by atoms with Crippen LogP contribution in [0.5, 0.6) is 5.75 Å². The second-order valence-corrected chi connectivity index (χ2v) is 14.6. The highest BCUT2D eigenvalue weighted by Crippen LogP contribution is 2.46. The number of hydrogen-bond acceptors (Lipinski definition) is 9. The van der Waals surface area contributed by atoms with Crippen LogP contribution in [-0.2, 0) is 25.9 Å². The molecule has 12 nitrogen and oxygen atoms in total. The van der Waals surface area contributed by atoms with E-state index in [4.69, 9.17) is 19.0 Å². The molecule has 0 bridgehead atoms. The van der Waals surface area contributed by atoms with Crippen molar-refractivity contribution in [2.24, 2.45) is 0 Å². The van der Waals surface area contributed by atoms with Crippen LogP contribution in [0.4, 0.5) is 0 Å². The summed E-state index contributed by atoms with van der Waals surface area (Å²) in [7, 11) is 0.108. The second kappa shape index (κ2) is 20.0. The largest absolute Gasteiger partial charge is 0.497 e. The number of nitrogens with one attached hydrogen (secondary N) is 2. The third kappa shape index (κ3) is 10.7. The van der Waals surface area contributed by atoms with Crippen LogP contribution in [-0.4, -0.2) is 77.1 Å². The van der Waals surface area contributed by atoms with E-state index in [1.54, 1.807) is 18.9 Å². The number of aryl methyl sites for hydroxylation is 1. The van der Waals surface area contributed by atoms with Crippen molar-refractivity contribution in [3.63, 3.8) is 0 Å². The summed E-state index contributed by atoms with van der Waals surface area (Å²) >= 11 is 0. The van der Waals surface area contributed by atoms with Crippen LogP contribution in [0.15, 0.2) is 101 Å². The Balaban J connectivity index is 1.67. The van der Waals surface area contributed by atoms with Crippen molar-refractivity contribution in [1.82, 2.24) is 24.4 Å². The summed E-state index contributed by atoms with van der Waals surface area (Å²) in [6.07, 6.45) is 1.63. The predicted molar refractivity (Wildman–Crippen MR) is 208 cm³/mol. The van der Waals surface area contributed by atoms with Gasteiger partial charge in [0.15, 0.2) is 0 Å². The fourth-order valence-corrected chi connectivity index (χ4v) is 7.87. The average Bonchev–Trinajstić information content (AvgIpc) is 3.15. The quantitative estimate of drug-likeness (QED) is 0.0677. The monoisotopic (exact) mass is 742 g/mol. The molecule has 4 aromatic rings. The van der Waals surface area contributed by atoms with Crippen LogP contribution in [0.1, 0.15) is 56.4 Å². The Hall–Kier alpha value is -4.63. The van der Waals surface area contributed by atoms with Crippen molar-refractivity contribution < 1.29 is 18.6 Å². The van der Waals surface area contributed by atoms with Crippen LogP contribution < -0.4 is 21.3 Å². The summed E-state index contributed by atoms with van der Waals surface area (Å²) in [5.74, 6) is 0.413. The number of ether oxygens (including phenoxy) is 1. The number of amides is 1. The second-order valence-electron chi connectivity index (χ2n) is 13.1. The molecule has 1 amide bonds. The molecule has 4 rings (SSSR count). The minimum atomic E-state index is -1.53. The third-order valence-corrected chi connectivity index (χ3v) is 10.9. The number of hydrogen-bond donors (Lipinski definition) is 2. The number of nitrogens with zero attached hydrogens (tertiary/aromatic N) is 4. The molecule has 1 aromatic heterocycles. The SMILES string of the molecule is COc1ccc(C(NCCN(CCOP(OCCC#N)N(C(C)C)C(C)C)C(=O)Cn2cc(C)c(=O)[nH]c2=O)(c2ccccc2)c2ccccc2)cc1. The van der Waals surface area contributed by atoms with Gasteiger partial charge in [0.25, 0.3) is 14.1 Å². The van der Waals surface area contributed by atoms with E-state index in [0.717, 1.165) is 22.4 Å². The first-order valence-electron chi connectivity index (χ1n) is 17.8. The average molecular weight is 743 g/mol. The van der Waals surface area contributed by atoms with Crippen LogP contribution in [0.2, 0.25) is 0 Å². The molecule has 0 aliphatic rings. The maximum atomic E-state index is 14.0. The lowest BCUT2D eigenvalue weighted by molar-refractivity contribution is -0.132. The molecule has 0 fully saturated rings. The van der Waals surface area contributed by atoms with Crippen molar-refractivity contribution in [3.8, 4) is 11.8 Å².